The minimum atomic E-state index is -0.436. The van der Waals surface area contributed by atoms with Gasteiger partial charge in [0.25, 0.3) is 0 Å². The van der Waals surface area contributed by atoms with Crippen molar-refractivity contribution in [2.24, 2.45) is 5.92 Å². The summed E-state index contributed by atoms with van der Waals surface area (Å²) < 4.78 is 6.87. The number of nitrogen functional groups attached to an aromatic ring is 1. The van der Waals surface area contributed by atoms with E-state index in [9.17, 15) is 4.79 Å². The maximum absolute atomic E-state index is 11.7. The second-order valence-electron chi connectivity index (χ2n) is 5.24. The van der Waals surface area contributed by atoms with Gasteiger partial charge in [-0.25, -0.2) is 9.78 Å². The number of hydrogen-bond donors (Lipinski definition) is 1. The smallest absolute Gasteiger partial charge is 0.360 e. The number of esters is 1. The lowest BCUT2D eigenvalue weighted by Gasteiger charge is -2.29. The van der Waals surface area contributed by atoms with Crippen LogP contribution in [-0.2, 0) is 4.74 Å². The van der Waals surface area contributed by atoms with Crippen LogP contribution in [-0.4, -0.2) is 22.1 Å². The van der Waals surface area contributed by atoms with Crippen LogP contribution in [0.15, 0.2) is 6.33 Å². The molecule has 1 aromatic rings. The maximum Gasteiger partial charge on any atom is 0.360 e. The molecule has 1 atom stereocenters. The molecule has 0 aliphatic heterocycles. The summed E-state index contributed by atoms with van der Waals surface area (Å²) in [5, 5.41) is 0. The Morgan fingerprint density at radius 2 is 2.21 bits per heavy atom. The van der Waals surface area contributed by atoms with Crippen LogP contribution in [0, 0.1) is 5.92 Å². The molecule has 5 nitrogen and oxygen atoms in total. The normalized spacial score (nSPS) is 18.2. The number of imidazole rings is 1. The average molecular weight is 265 g/mol. The zero-order valence-electron chi connectivity index (χ0n) is 11.8. The monoisotopic (exact) mass is 265 g/mol. The van der Waals surface area contributed by atoms with E-state index in [2.05, 4.69) is 11.9 Å². The van der Waals surface area contributed by atoms with Crippen LogP contribution >= 0.6 is 0 Å². The molecule has 1 unspecified atom stereocenters. The Balaban J connectivity index is 2.14. The number of aromatic nitrogens is 2. The van der Waals surface area contributed by atoms with E-state index in [0.717, 1.165) is 0 Å². The van der Waals surface area contributed by atoms with Gasteiger partial charge in [0.15, 0.2) is 5.69 Å². The number of carbonyl (C=O) groups is 1. The van der Waals surface area contributed by atoms with Crippen LogP contribution in [0.2, 0.25) is 0 Å². The first kappa shape index (κ1) is 13.9. The van der Waals surface area contributed by atoms with Gasteiger partial charge in [0.1, 0.15) is 5.82 Å². The summed E-state index contributed by atoms with van der Waals surface area (Å²) in [6, 6.07) is 0.288. The molecule has 1 saturated carbocycles. The van der Waals surface area contributed by atoms with Crippen LogP contribution in [0.5, 0.6) is 0 Å². The van der Waals surface area contributed by atoms with Crippen LogP contribution in [0.4, 0.5) is 5.82 Å². The Bertz CT molecular complexity index is 436. The number of ether oxygens (including phenoxy) is 1. The average Bonchev–Trinajstić information content (AvgIpc) is 2.81. The summed E-state index contributed by atoms with van der Waals surface area (Å²) in [5.41, 5.74) is 6.28. The molecular weight excluding hydrogens is 242 g/mol. The molecular formula is C14H23N3O2. The number of rotatable bonds is 4. The Morgan fingerprint density at radius 3 is 2.84 bits per heavy atom. The number of nitrogens with two attached hydrogens (primary N) is 1. The van der Waals surface area contributed by atoms with Gasteiger partial charge in [-0.1, -0.05) is 19.3 Å². The van der Waals surface area contributed by atoms with Crippen LogP contribution < -0.4 is 5.73 Å². The summed E-state index contributed by atoms with van der Waals surface area (Å²) in [5.74, 6) is 0.617. The zero-order valence-corrected chi connectivity index (χ0v) is 11.8. The van der Waals surface area contributed by atoms with E-state index in [0.29, 0.717) is 18.3 Å². The lowest BCUT2D eigenvalue weighted by atomic mass is 9.84. The molecule has 106 valence electrons. The molecule has 0 radical (unpaired) electrons. The third-order valence-corrected chi connectivity index (χ3v) is 4.07. The fraction of sp³-hybridized carbons (Fsp3) is 0.714. The van der Waals surface area contributed by atoms with Gasteiger partial charge in [-0.2, -0.15) is 0 Å². The lowest BCUT2D eigenvalue weighted by molar-refractivity contribution is 0.0521. The van der Waals surface area contributed by atoms with Gasteiger partial charge in [-0.15, -0.1) is 0 Å². The number of hydrogen-bond acceptors (Lipinski definition) is 4. The summed E-state index contributed by atoms with van der Waals surface area (Å²) in [7, 11) is 0. The van der Waals surface area contributed by atoms with Crippen molar-refractivity contribution in [1.82, 2.24) is 9.55 Å². The van der Waals surface area contributed by atoms with E-state index in [1.54, 1.807) is 13.3 Å². The second kappa shape index (κ2) is 6.08. The van der Waals surface area contributed by atoms with Crippen LogP contribution in [0.3, 0.4) is 0 Å². The zero-order chi connectivity index (χ0) is 13.8. The SMILES string of the molecule is CCOC(=O)c1ncn(C(C)C2CCCCC2)c1N. The van der Waals surface area contributed by atoms with Gasteiger partial charge in [-0.05, 0) is 32.6 Å². The molecule has 0 saturated heterocycles. The van der Waals surface area contributed by atoms with Gasteiger partial charge >= 0.3 is 5.97 Å². The molecule has 0 bridgehead atoms. The van der Waals surface area contributed by atoms with Crippen molar-refractivity contribution in [2.75, 3.05) is 12.3 Å². The highest BCUT2D eigenvalue weighted by atomic mass is 16.5. The summed E-state index contributed by atoms with van der Waals surface area (Å²) >= 11 is 0. The number of carbonyl (C=O) groups excluding carboxylic acids is 1. The Hall–Kier alpha value is -1.52. The first-order chi connectivity index (χ1) is 9.15. The molecule has 1 fully saturated rings. The first-order valence-corrected chi connectivity index (χ1v) is 7.14. The fourth-order valence-corrected chi connectivity index (χ4v) is 2.90. The van der Waals surface area contributed by atoms with Crippen molar-refractivity contribution in [3.63, 3.8) is 0 Å². The van der Waals surface area contributed by atoms with Gasteiger partial charge < -0.3 is 15.0 Å². The molecule has 2 rings (SSSR count). The molecule has 0 spiro atoms. The highest BCUT2D eigenvalue weighted by Gasteiger charge is 2.25. The second-order valence-corrected chi connectivity index (χ2v) is 5.24. The fourth-order valence-electron chi connectivity index (χ4n) is 2.90. The molecule has 0 amide bonds. The van der Waals surface area contributed by atoms with Crippen molar-refractivity contribution in [3.8, 4) is 0 Å². The standard InChI is InChI=1S/C14H23N3O2/c1-3-19-14(18)12-13(15)17(9-16-12)10(2)11-7-5-4-6-8-11/h9-11H,3-8,15H2,1-2H3. The molecule has 0 aromatic carbocycles. The quantitative estimate of drug-likeness (QED) is 0.850. The van der Waals surface area contributed by atoms with Crippen LogP contribution in [0.25, 0.3) is 0 Å². The Kier molecular flexibility index (Phi) is 4.45. The van der Waals surface area contributed by atoms with E-state index >= 15 is 0 Å². The maximum atomic E-state index is 11.7. The largest absolute Gasteiger partial charge is 0.461 e. The molecule has 2 N–H and O–H groups in total. The summed E-state index contributed by atoms with van der Waals surface area (Å²) in [6.45, 7) is 4.27. The predicted molar refractivity (Wildman–Crippen MR) is 73.9 cm³/mol. The van der Waals surface area contributed by atoms with E-state index in [-0.39, 0.29) is 11.7 Å². The van der Waals surface area contributed by atoms with E-state index in [1.165, 1.54) is 32.1 Å². The molecule has 1 aliphatic rings. The first-order valence-electron chi connectivity index (χ1n) is 7.14. The molecule has 1 aromatic heterocycles. The lowest BCUT2D eigenvalue weighted by Crippen LogP contribution is -2.20. The third kappa shape index (κ3) is 2.91. The topological polar surface area (TPSA) is 70.1 Å². The molecule has 1 heterocycles. The molecule has 1 aliphatic carbocycles. The van der Waals surface area contributed by atoms with Gasteiger partial charge in [0.2, 0.25) is 0 Å². The Morgan fingerprint density at radius 1 is 1.53 bits per heavy atom. The molecule has 19 heavy (non-hydrogen) atoms. The Labute approximate surface area is 114 Å². The summed E-state index contributed by atoms with van der Waals surface area (Å²) in [4.78, 5) is 15.8. The van der Waals surface area contributed by atoms with Crippen molar-refractivity contribution >= 4 is 11.8 Å². The number of nitrogens with zero attached hydrogens (tertiary/aromatic N) is 2. The van der Waals surface area contributed by atoms with Crippen molar-refractivity contribution in [2.45, 2.75) is 52.0 Å². The predicted octanol–water partition coefficient (Wildman–Crippen LogP) is 2.78. The van der Waals surface area contributed by atoms with Gasteiger partial charge in [-0.3, -0.25) is 0 Å². The van der Waals surface area contributed by atoms with E-state index < -0.39 is 5.97 Å². The molecule has 5 heteroatoms. The van der Waals surface area contributed by atoms with Gasteiger partial charge in [0, 0.05) is 6.04 Å². The highest BCUT2D eigenvalue weighted by Crippen LogP contribution is 2.34. The van der Waals surface area contributed by atoms with E-state index in [4.69, 9.17) is 10.5 Å². The number of anilines is 1. The highest BCUT2D eigenvalue weighted by molar-refractivity contribution is 5.92. The van der Waals surface area contributed by atoms with Crippen molar-refractivity contribution < 1.29 is 9.53 Å². The van der Waals surface area contributed by atoms with Crippen LogP contribution in [0.1, 0.15) is 62.5 Å². The van der Waals surface area contributed by atoms with Crippen molar-refractivity contribution in [1.29, 1.82) is 0 Å². The minimum Gasteiger partial charge on any atom is -0.461 e. The van der Waals surface area contributed by atoms with Gasteiger partial charge in [0.05, 0.1) is 12.9 Å². The third-order valence-electron chi connectivity index (χ3n) is 4.07. The van der Waals surface area contributed by atoms with E-state index in [1.807, 2.05) is 4.57 Å². The summed E-state index contributed by atoms with van der Waals surface area (Å²) in [6.07, 6.45) is 8.03. The minimum absolute atomic E-state index is 0.240. The van der Waals surface area contributed by atoms with Crippen molar-refractivity contribution in [3.05, 3.63) is 12.0 Å².